The van der Waals surface area contributed by atoms with E-state index in [1.165, 1.54) is 18.8 Å². The van der Waals surface area contributed by atoms with Crippen LogP contribution >= 0.6 is 0 Å². The first-order valence-corrected chi connectivity index (χ1v) is 10.5. The molecule has 3 aromatic rings. The summed E-state index contributed by atoms with van der Waals surface area (Å²) in [7, 11) is 1.85. The van der Waals surface area contributed by atoms with Crippen molar-refractivity contribution in [2.45, 2.75) is 38.1 Å². The van der Waals surface area contributed by atoms with Gasteiger partial charge < -0.3 is 19.6 Å². The summed E-state index contributed by atoms with van der Waals surface area (Å²) in [6.45, 7) is 0. The third-order valence-electron chi connectivity index (χ3n) is 5.77. The van der Waals surface area contributed by atoms with Crippen molar-refractivity contribution in [1.29, 1.82) is 0 Å². The molecule has 1 aliphatic carbocycles. The molecule has 31 heavy (non-hydrogen) atoms. The maximum Gasteiger partial charge on any atom is 0.261 e. The van der Waals surface area contributed by atoms with Gasteiger partial charge in [0.05, 0.1) is 12.0 Å². The molecule has 0 spiro atoms. The molecule has 0 atom stereocenters. The summed E-state index contributed by atoms with van der Waals surface area (Å²) < 4.78 is 5.25. The number of aromatic nitrogens is 1. The molecule has 2 heterocycles. The number of hydrogen-bond donors (Lipinski definition) is 2. The predicted octanol–water partition coefficient (Wildman–Crippen LogP) is 4.29. The van der Waals surface area contributed by atoms with Crippen LogP contribution in [-0.4, -0.2) is 34.8 Å². The smallest absolute Gasteiger partial charge is 0.261 e. The Labute approximate surface area is 180 Å². The van der Waals surface area contributed by atoms with E-state index in [4.69, 9.17) is 4.42 Å². The lowest BCUT2D eigenvalue weighted by Gasteiger charge is -2.31. The number of rotatable bonds is 5. The lowest BCUT2D eigenvalue weighted by molar-refractivity contribution is 0.0696. The van der Waals surface area contributed by atoms with E-state index in [9.17, 15) is 14.4 Å². The van der Waals surface area contributed by atoms with Crippen LogP contribution in [0.2, 0.25) is 0 Å². The van der Waals surface area contributed by atoms with E-state index in [0.29, 0.717) is 22.7 Å². The molecule has 0 aliphatic heterocycles. The average molecular weight is 419 g/mol. The summed E-state index contributed by atoms with van der Waals surface area (Å²) in [6, 6.07) is 13.5. The monoisotopic (exact) mass is 419 g/mol. The van der Waals surface area contributed by atoms with Crippen LogP contribution < -0.4 is 10.9 Å². The van der Waals surface area contributed by atoms with Gasteiger partial charge in [0.15, 0.2) is 0 Å². The van der Waals surface area contributed by atoms with Gasteiger partial charge in [-0.15, -0.1) is 0 Å². The van der Waals surface area contributed by atoms with Gasteiger partial charge in [0, 0.05) is 24.3 Å². The Kier molecular flexibility index (Phi) is 6.02. The summed E-state index contributed by atoms with van der Waals surface area (Å²) in [5.74, 6) is -0.0251. The molecule has 0 bridgehead atoms. The van der Waals surface area contributed by atoms with Gasteiger partial charge in [-0.2, -0.15) is 0 Å². The second-order valence-electron chi connectivity index (χ2n) is 7.83. The third kappa shape index (κ3) is 4.60. The van der Waals surface area contributed by atoms with Gasteiger partial charge in [-0.3, -0.25) is 14.4 Å². The fraction of sp³-hybridized carbons (Fsp3) is 0.292. The summed E-state index contributed by atoms with van der Waals surface area (Å²) in [5.41, 5.74) is 1.07. The Hall–Kier alpha value is -3.61. The number of nitrogens with zero attached hydrogens (tertiary/aromatic N) is 1. The van der Waals surface area contributed by atoms with Crippen molar-refractivity contribution in [2.75, 3.05) is 12.4 Å². The SMILES string of the molecule is CN(C(=O)c1ccc(NC(=O)c2ccc(-c3ccco3)[nH]c2=O)cc1)C1CCCCC1. The minimum atomic E-state index is -0.523. The fourth-order valence-electron chi connectivity index (χ4n) is 3.96. The van der Waals surface area contributed by atoms with Crippen molar-refractivity contribution in [3.8, 4) is 11.5 Å². The van der Waals surface area contributed by atoms with Crippen molar-refractivity contribution in [2.24, 2.45) is 0 Å². The van der Waals surface area contributed by atoms with Crippen LogP contribution in [0.15, 0.2) is 64.0 Å². The average Bonchev–Trinajstić information content (AvgIpc) is 3.34. The highest BCUT2D eigenvalue weighted by Crippen LogP contribution is 2.23. The molecule has 4 rings (SSSR count). The van der Waals surface area contributed by atoms with E-state index in [2.05, 4.69) is 10.3 Å². The number of benzene rings is 1. The zero-order chi connectivity index (χ0) is 21.8. The van der Waals surface area contributed by atoms with Crippen LogP contribution in [0, 0.1) is 0 Å². The topological polar surface area (TPSA) is 95.4 Å². The quantitative estimate of drug-likeness (QED) is 0.645. The molecule has 1 saturated carbocycles. The first kappa shape index (κ1) is 20.7. The summed E-state index contributed by atoms with van der Waals surface area (Å²) in [4.78, 5) is 42.1. The standard InChI is InChI=1S/C24H25N3O4/c1-27(18-6-3-2-4-7-18)24(30)16-9-11-17(12-10-16)25-22(28)19-13-14-20(26-23(19)29)21-8-5-15-31-21/h5,8-15,18H,2-4,6-7H2,1H3,(H,25,28)(H,26,29). The van der Waals surface area contributed by atoms with Gasteiger partial charge in [-0.25, -0.2) is 0 Å². The van der Waals surface area contributed by atoms with Crippen LogP contribution in [0.4, 0.5) is 5.69 Å². The zero-order valence-corrected chi connectivity index (χ0v) is 17.4. The molecule has 0 radical (unpaired) electrons. The summed E-state index contributed by atoms with van der Waals surface area (Å²) >= 11 is 0. The number of furan rings is 1. The molecule has 0 unspecified atom stereocenters. The van der Waals surface area contributed by atoms with Crippen molar-refractivity contribution < 1.29 is 14.0 Å². The van der Waals surface area contributed by atoms with Gasteiger partial charge in [0.1, 0.15) is 11.3 Å². The fourth-order valence-corrected chi connectivity index (χ4v) is 3.96. The lowest BCUT2D eigenvalue weighted by Crippen LogP contribution is -2.38. The van der Waals surface area contributed by atoms with Crippen LogP contribution in [-0.2, 0) is 0 Å². The highest BCUT2D eigenvalue weighted by atomic mass is 16.3. The predicted molar refractivity (Wildman–Crippen MR) is 118 cm³/mol. The number of carbonyl (C=O) groups is 2. The molecular formula is C24H25N3O4. The molecule has 7 heteroatoms. The van der Waals surface area contributed by atoms with E-state index in [1.807, 2.05) is 11.9 Å². The normalized spacial score (nSPS) is 14.2. The Morgan fingerprint density at radius 2 is 1.77 bits per heavy atom. The van der Waals surface area contributed by atoms with Crippen molar-refractivity contribution in [1.82, 2.24) is 9.88 Å². The van der Waals surface area contributed by atoms with E-state index in [1.54, 1.807) is 42.5 Å². The molecular weight excluding hydrogens is 394 g/mol. The Bertz CT molecular complexity index is 1110. The van der Waals surface area contributed by atoms with Crippen molar-refractivity contribution in [3.63, 3.8) is 0 Å². The van der Waals surface area contributed by atoms with Crippen LogP contribution in [0.25, 0.3) is 11.5 Å². The van der Waals surface area contributed by atoms with Crippen LogP contribution in [0.3, 0.4) is 0 Å². The summed E-state index contributed by atoms with van der Waals surface area (Å²) in [5, 5.41) is 2.70. The van der Waals surface area contributed by atoms with E-state index in [0.717, 1.165) is 25.7 Å². The number of hydrogen-bond acceptors (Lipinski definition) is 4. The van der Waals surface area contributed by atoms with Gasteiger partial charge in [0.25, 0.3) is 17.4 Å². The summed E-state index contributed by atoms with van der Waals surface area (Å²) in [6.07, 6.45) is 7.16. The van der Waals surface area contributed by atoms with Crippen molar-refractivity contribution >= 4 is 17.5 Å². The zero-order valence-electron chi connectivity index (χ0n) is 17.4. The highest BCUT2D eigenvalue weighted by molar-refractivity contribution is 6.04. The van der Waals surface area contributed by atoms with E-state index < -0.39 is 11.5 Å². The molecule has 1 fully saturated rings. The minimum absolute atomic E-state index is 0.00695. The van der Waals surface area contributed by atoms with Gasteiger partial charge in [-0.1, -0.05) is 19.3 Å². The third-order valence-corrected chi connectivity index (χ3v) is 5.77. The second-order valence-corrected chi connectivity index (χ2v) is 7.83. The lowest BCUT2D eigenvalue weighted by atomic mass is 9.94. The van der Waals surface area contributed by atoms with Gasteiger partial charge in [-0.05, 0) is 61.4 Å². The molecule has 2 aromatic heterocycles. The van der Waals surface area contributed by atoms with E-state index >= 15 is 0 Å². The molecule has 2 N–H and O–H groups in total. The van der Waals surface area contributed by atoms with Crippen molar-refractivity contribution in [3.05, 3.63) is 76.3 Å². The number of aromatic amines is 1. The Morgan fingerprint density at radius 3 is 2.42 bits per heavy atom. The number of H-pyrrole nitrogens is 1. The van der Waals surface area contributed by atoms with Crippen LogP contribution in [0.1, 0.15) is 52.8 Å². The molecule has 1 aliphatic rings. The molecule has 2 amide bonds. The first-order chi connectivity index (χ1) is 15.0. The van der Waals surface area contributed by atoms with Gasteiger partial charge in [0.2, 0.25) is 0 Å². The maximum atomic E-state index is 12.8. The second kappa shape index (κ2) is 9.04. The number of carbonyl (C=O) groups excluding carboxylic acids is 2. The number of nitrogens with one attached hydrogen (secondary N) is 2. The molecule has 0 saturated heterocycles. The molecule has 7 nitrogen and oxygen atoms in total. The minimum Gasteiger partial charge on any atom is -0.463 e. The Balaban J connectivity index is 1.42. The number of amides is 2. The maximum absolute atomic E-state index is 12.8. The molecule has 1 aromatic carbocycles. The number of pyridine rings is 1. The Morgan fingerprint density at radius 1 is 1.03 bits per heavy atom. The van der Waals surface area contributed by atoms with E-state index in [-0.39, 0.29) is 17.5 Å². The largest absolute Gasteiger partial charge is 0.463 e. The van der Waals surface area contributed by atoms with Gasteiger partial charge >= 0.3 is 0 Å². The highest BCUT2D eigenvalue weighted by Gasteiger charge is 2.23. The first-order valence-electron chi connectivity index (χ1n) is 10.5. The molecule has 160 valence electrons. The van der Waals surface area contributed by atoms with Crippen LogP contribution in [0.5, 0.6) is 0 Å². The number of anilines is 1.